The molecule has 3 aliphatic rings. The van der Waals surface area contributed by atoms with Crippen LogP contribution in [0.15, 0.2) is 0 Å². The molecule has 0 bridgehead atoms. The van der Waals surface area contributed by atoms with E-state index < -0.39 is 112 Å². The van der Waals surface area contributed by atoms with Gasteiger partial charge in [0, 0.05) is 6.61 Å². The van der Waals surface area contributed by atoms with Crippen molar-refractivity contribution < 1.29 is 79.5 Å². The first kappa shape index (κ1) is 30.9. The Labute approximate surface area is 212 Å². The van der Waals surface area contributed by atoms with E-state index in [-0.39, 0.29) is 6.61 Å². The molecule has 37 heavy (non-hydrogen) atoms. The van der Waals surface area contributed by atoms with Crippen LogP contribution in [-0.4, -0.2) is 170 Å². The summed E-state index contributed by atoms with van der Waals surface area (Å²) in [6.07, 6.45) is -23.2. The fourth-order valence-corrected chi connectivity index (χ4v) is 4.42. The molecule has 0 aromatic carbocycles. The summed E-state index contributed by atoms with van der Waals surface area (Å²) in [4.78, 5) is 0. The number of aliphatic hydroxyl groups excluding tert-OH is 10. The molecule has 15 atom stereocenters. The van der Waals surface area contributed by atoms with Gasteiger partial charge in [0.1, 0.15) is 73.2 Å². The monoisotopic (exact) mass is 546 g/mol. The van der Waals surface area contributed by atoms with Crippen LogP contribution >= 0.6 is 0 Å². The van der Waals surface area contributed by atoms with Crippen molar-refractivity contribution in [3.05, 3.63) is 0 Å². The minimum atomic E-state index is -1.88. The summed E-state index contributed by atoms with van der Waals surface area (Å²) in [5.74, 6) is 0. The van der Waals surface area contributed by atoms with Crippen molar-refractivity contribution in [1.29, 1.82) is 0 Å². The molecule has 0 spiro atoms. The lowest BCUT2D eigenvalue weighted by molar-refractivity contribution is -0.379. The van der Waals surface area contributed by atoms with Crippen molar-refractivity contribution in [2.75, 3.05) is 26.4 Å². The van der Waals surface area contributed by atoms with Crippen LogP contribution in [0.1, 0.15) is 13.3 Å². The van der Waals surface area contributed by atoms with Gasteiger partial charge in [0.2, 0.25) is 0 Å². The molecule has 3 heterocycles. The van der Waals surface area contributed by atoms with Crippen molar-refractivity contribution in [3.8, 4) is 0 Å². The van der Waals surface area contributed by atoms with E-state index in [9.17, 15) is 51.1 Å². The minimum absolute atomic E-state index is 0.211. The molecule has 3 aliphatic heterocycles. The van der Waals surface area contributed by atoms with Gasteiger partial charge in [-0.3, -0.25) is 0 Å². The first-order valence-corrected chi connectivity index (χ1v) is 12.1. The van der Waals surface area contributed by atoms with Gasteiger partial charge in [-0.2, -0.15) is 0 Å². The van der Waals surface area contributed by atoms with Crippen LogP contribution in [0.5, 0.6) is 0 Å². The summed E-state index contributed by atoms with van der Waals surface area (Å²) in [7, 11) is 0. The van der Waals surface area contributed by atoms with E-state index in [1.54, 1.807) is 0 Å². The van der Waals surface area contributed by atoms with Gasteiger partial charge in [-0.1, -0.05) is 6.92 Å². The zero-order valence-electron chi connectivity index (χ0n) is 20.1. The summed E-state index contributed by atoms with van der Waals surface area (Å²) in [5.41, 5.74) is 0. The lowest BCUT2D eigenvalue weighted by Gasteiger charge is -2.48. The van der Waals surface area contributed by atoms with Crippen molar-refractivity contribution in [1.82, 2.24) is 0 Å². The molecule has 218 valence electrons. The maximum Gasteiger partial charge on any atom is 0.187 e. The smallest absolute Gasteiger partial charge is 0.187 e. The third-order valence-electron chi connectivity index (χ3n) is 6.56. The van der Waals surface area contributed by atoms with Crippen LogP contribution < -0.4 is 0 Å². The van der Waals surface area contributed by atoms with Gasteiger partial charge in [-0.25, -0.2) is 0 Å². The number of aliphatic hydroxyl groups is 10. The third-order valence-corrected chi connectivity index (χ3v) is 6.56. The molecule has 6 unspecified atom stereocenters. The lowest BCUT2D eigenvalue weighted by atomic mass is 9.96. The molecule has 0 saturated carbocycles. The number of rotatable bonds is 10. The maximum atomic E-state index is 10.7. The van der Waals surface area contributed by atoms with Gasteiger partial charge in [-0.05, 0) is 6.42 Å². The lowest BCUT2D eigenvalue weighted by Crippen LogP contribution is -2.66. The number of hydrogen-bond acceptors (Lipinski definition) is 16. The summed E-state index contributed by atoms with van der Waals surface area (Å²) in [6, 6.07) is 0. The fourth-order valence-electron chi connectivity index (χ4n) is 4.42. The highest BCUT2D eigenvalue weighted by molar-refractivity contribution is 4.96. The molecular formula is C21H38O16. The Morgan fingerprint density at radius 3 is 1.38 bits per heavy atom. The summed E-state index contributed by atoms with van der Waals surface area (Å²) < 4.78 is 32.6. The van der Waals surface area contributed by atoms with Crippen LogP contribution in [-0.2, 0) is 28.4 Å². The summed E-state index contributed by atoms with van der Waals surface area (Å²) >= 11 is 0. The second kappa shape index (κ2) is 13.6. The Kier molecular flexibility index (Phi) is 11.4. The fraction of sp³-hybridized carbons (Fsp3) is 1.00. The SMILES string of the molecule is CCCO[C@@H]1OC(CO)[C@@H](O[C@@H]2OC(CO)[C@H](O[C@H]3OC(CO)[C@H](O)[C@H](O)C3O)C(O)[C@@H]2O)C(O)[C@@H]1O. The molecule has 0 amide bonds. The predicted molar refractivity (Wildman–Crippen MR) is 115 cm³/mol. The Morgan fingerprint density at radius 2 is 0.919 bits per heavy atom. The standard InChI is InChI=1S/C21H38O16/c1-2-3-32-19-15(30)12(27)17(8(5-23)34-19)37-21-16(31)13(28)18(9(6-24)35-21)36-20-14(29)11(26)10(25)7(4-22)33-20/h7-31H,2-6H2,1H3/t7?,8?,9?,10-,11-,12?,13?,14?,15-,16-,17+,18-,19+,20+,21-/m0/s1. The highest BCUT2D eigenvalue weighted by Gasteiger charge is 2.53. The third kappa shape index (κ3) is 6.58. The van der Waals surface area contributed by atoms with Crippen molar-refractivity contribution in [2.45, 2.75) is 105 Å². The molecule has 3 rings (SSSR count). The molecule has 0 aromatic heterocycles. The van der Waals surface area contributed by atoms with Gasteiger partial charge in [0.05, 0.1) is 19.8 Å². The topological polar surface area (TPSA) is 258 Å². The first-order valence-electron chi connectivity index (χ1n) is 12.1. The first-order chi connectivity index (χ1) is 17.6. The van der Waals surface area contributed by atoms with E-state index in [1.807, 2.05) is 6.92 Å². The summed E-state index contributed by atoms with van der Waals surface area (Å²) in [5, 5.41) is 101. The molecule has 16 heteroatoms. The second-order valence-corrected chi connectivity index (χ2v) is 9.18. The highest BCUT2D eigenvalue weighted by atomic mass is 16.8. The normalized spacial score (nSPS) is 49.2. The van der Waals surface area contributed by atoms with Crippen LogP contribution in [0.25, 0.3) is 0 Å². The quantitative estimate of drug-likeness (QED) is 0.122. The Morgan fingerprint density at radius 1 is 0.514 bits per heavy atom. The van der Waals surface area contributed by atoms with E-state index in [0.717, 1.165) is 0 Å². The maximum absolute atomic E-state index is 10.7. The van der Waals surface area contributed by atoms with E-state index in [1.165, 1.54) is 0 Å². The zero-order valence-corrected chi connectivity index (χ0v) is 20.1. The van der Waals surface area contributed by atoms with Gasteiger partial charge in [-0.15, -0.1) is 0 Å². The van der Waals surface area contributed by atoms with E-state index in [2.05, 4.69) is 0 Å². The molecule has 3 saturated heterocycles. The largest absolute Gasteiger partial charge is 0.394 e. The highest BCUT2D eigenvalue weighted by Crippen LogP contribution is 2.32. The predicted octanol–water partition coefficient (Wildman–Crippen LogP) is -6.14. The van der Waals surface area contributed by atoms with E-state index in [4.69, 9.17) is 28.4 Å². The van der Waals surface area contributed by atoms with Crippen LogP contribution in [0, 0.1) is 0 Å². The molecule has 16 nitrogen and oxygen atoms in total. The van der Waals surface area contributed by atoms with Gasteiger partial charge >= 0.3 is 0 Å². The number of hydrogen-bond donors (Lipinski definition) is 10. The van der Waals surface area contributed by atoms with E-state index in [0.29, 0.717) is 6.42 Å². The minimum Gasteiger partial charge on any atom is -0.394 e. The molecule has 0 radical (unpaired) electrons. The van der Waals surface area contributed by atoms with Crippen molar-refractivity contribution in [3.63, 3.8) is 0 Å². The molecule has 0 aromatic rings. The molecular weight excluding hydrogens is 508 g/mol. The average Bonchev–Trinajstić information content (AvgIpc) is 2.90. The second-order valence-electron chi connectivity index (χ2n) is 9.18. The van der Waals surface area contributed by atoms with Crippen LogP contribution in [0.2, 0.25) is 0 Å². The average molecular weight is 547 g/mol. The molecule has 0 aliphatic carbocycles. The van der Waals surface area contributed by atoms with Gasteiger partial charge in [0.15, 0.2) is 18.9 Å². The van der Waals surface area contributed by atoms with Crippen molar-refractivity contribution in [2.24, 2.45) is 0 Å². The summed E-state index contributed by atoms with van der Waals surface area (Å²) in [6.45, 7) is -0.167. The zero-order chi connectivity index (χ0) is 27.4. The van der Waals surface area contributed by atoms with Gasteiger partial charge < -0.3 is 79.5 Å². The van der Waals surface area contributed by atoms with Crippen molar-refractivity contribution >= 4 is 0 Å². The Hall–Kier alpha value is -0.640. The Balaban J connectivity index is 1.70. The Bertz CT molecular complexity index is 681. The van der Waals surface area contributed by atoms with E-state index >= 15 is 0 Å². The molecule has 10 N–H and O–H groups in total. The molecule has 3 fully saturated rings. The van der Waals surface area contributed by atoms with Crippen LogP contribution in [0.3, 0.4) is 0 Å². The number of ether oxygens (including phenoxy) is 6. The van der Waals surface area contributed by atoms with Gasteiger partial charge in [0.25, 0.3) is 0 Å². The van der Waals surface area contributed by atoms with Crippen LogP contribution in [0.4, 0.5) is 0 Å².